The number of aromatic nitrogens is 1. The normalized spacial score (nSPS) is 13.6. The van der Waals surface area contributed by atoms with Gasteiger partial charge >= 0.3 is 0 Å². The third-order valence-corrected chi connectivity index (χ3v) is 3.15. The van der Waals surface area contributed by atoms with Gasteiger partial charge in [-0.05, 0) is 30.2 Å². The van der Waals surface area contributed by atoms with Gasteiger partial charge in [-0.3, -0.25) is 0 Å². The average Bonchev–Trinajstić information content (AvgIpc) is 2.82. The third kappa shape index (κ3) is 1.73. The number of benzene rings is 1. The van der Waals surface area contributed by atoms with Crippen molar-refractivity contribution in [2.24, 2.45) is 0 Å². The second-order valence-electron chi connectivity index (χ2n) is 4.16. The Kier molecular flexibility index (Phi) is 2.44. The Morgan fingerprint density at radius 2 is 2.00 bits per heavy atom. The van der Waals surface area contributed by atoms with Crippen molar-refractivity contribution in [3.05, 3.63) is 48.0 Å². The highest BCUT2D eigenvalue weighted by atomic mass is 15.2. The first-order valence-electron chi connectivity index (χ1n) is 5.89. The molecule has 86 valence electrons. The third-order valence-electron chi connectivity index (χ3n) is 3.15. The lowest BCUT2D eigenvalue weighted by Gasteiger charge is -2.18. The molecule has 0 amide bonds. The first kappa shape index (κ1) is 10.1. The van der Waals surface area contributed by atoms with Gasteiger partial charge in [-0.25, -0.2) is 4.98 Å². The standard InChI is InChI=1S/C14H15N3/c1-15-13-7-4-8-14(16-13)17-10-9-11-5-2-3-6-12(11)17/h2-8H,9-10H2,1H3,(H,15,16). The maximum atomic E-state index is 4.59. The Labute approximate surface area is 101 Å². The summed E-state index contributed by atoms with van der Waals surface area (Å²) in [5, 5.41) is 3.08. The number of pyridine rings is 1. The van der Waals surface area contributed by atoms with Crippen molar-refractivity contribution in [3.63, 3.8) is 0 Å². The molecule has 0 atom stereocenters. The number of nitrogens with one attached hydrogen (secondary N) is 1. The Morgan fingerprint density at radius 1 is 1.12 bits per heavy atom. The average molecular weight is 225 g/mol. The van der Waals surface area contributed by atoms with E-state index in [2.05, 4.69) is 45.5 Å². The van der Waals surface area contributed by atoms with E-state index in [4.69, 9.17) is 0 Å². The minimum absolute atomic E-state index is 0.909. The summed E-state index contributed by atoms with van der Waals surface area (Å²) in [7, 11) is 1.89. The van der Waals surface area contributed by atoms with Crippen LogP contribution in [0.5, 0.6) is 0 Å². The first-order valence-corrected chi connectivity index (χ1v) is 5.89. The fourth-order valence-electron chi connectivity index (χ4n) is 2.29. The van der Waals surface area contributed by atoms with E-state index < -0.39 is 0 Å². The van der Waals surface area contributed by atoms with Gasteiger partial charge in [0.25, 0.3) is 0 Å². The number of hydrogen-bond donors (Lipinski definition) is 1. The fraction of sp³-hybridized carbons (Fsp3) is 0.214. The Bertz CT molecular complexity index is 536. The SMILES string of the molecule is CNc1cccc(N2CCc3ccccc32)n1. The van der Waals surface area contributed by atoms with Crippen molar-refractivity contribution < 1.29 is 0 Å². The minimum atomic E-state index is 0.909. The summed E-state index contributed by atoms with van der Waals surface area (Å²) in [6.07, 6.45) is 1.10. The lowest BCUT2D eigenvalue weighted by molar-refractivity contribution is 0.975. The topological polar surface area (TPSA) is 28.2 Å². The number of nitrogens with zero attached hydrogens (tertiary/aromatic N) is 2. The van der Waals surface area contributed by atoms with Gasteiger partial charge < -0.3 is 10.2 Å². The molecule has 1 aliphatic rings. The molecular formula is C14H15N3. The van der Waals surface area contributed by atoms with Gasteiger partial charge in [0.1, 0.15) is 11.6 Å². The molecule has 1 aromatic heterocycles. The summed E-state index contributed by atoms with van der Waals surface area (Å²) in [6.45, 7) is 1.01. The zero-order valence-corrected chi connectivity index (χ0v) is 9.85. The molecule has 3 rings (SSSR count). The molecule has 1 N–H and O–H groups in total. The van der Waals surface area contributed by atoms with Crippen LogP contribution in [0.25, 0.3) is 0 Å². The van der Waals surface area contributed by atoms with Gasteiger partial charge in [0.05, 0.1) is 0 Å². The smallest absolute Gasteiger partial charge is 0.135 e. The monoisotopic (exact) mass is 225 g/mol. The molecule has 0 bridgehead atoms. The van der Waals surface area contributed by atoms with Gasteiger partial charge in [-0.1, -0.05) is 24.3 Å². The summed E-state index contributed by atoms with van der Waals surface area (Å²) in [4.78, 5) is 6.86. The van der Waals surface area contributed by atoms with E-state index in [9.17, 15) is 0 Å². The van der Waals surface area contributed by atoms with Crippen molar-refractivity contribution >= 4 is 17.3 Å². The lowest BCUT2D eigenvalue weighted by atomic mass is 10.2. The Morgan fingerprint density at radius 3 is 2.88 bits per heavy atom. The number of para-hydroxylation sites is 1. The van der Waals surface area contributed by atoms with Crippen molar-refractivity contribution in [1.82, 2.24) is 4.98 Å². The van der Waals surface area contributed by atoms with Crippen LogP contribution in [0, 0.1) is 0 Å². The molecule has 3 heteroatoms. The van der Waals surface area contributed by atoms with Gasteiger partial charge in [-0.15, -0.1) is 0 Å². The first-order chi connectivity index (χ1) is 8.38. The molecule has 0 unspecified atom stereocenters. The molecule has 0 spiro atoms. The van der Waals surface area contributed by atoms with Crippen LogP contribution in [-0.4, -0.2) is 18.6 Å². The zero-order valence-electron chi connectivity index (χ0n) is 9.85. The summed E-state index contributed by atoms with van der Waals surface area (Å²) >= 11 is 0. The molecule has 2 heterocycles. The molecule has 0 fully saturated rings. The van der Waals surface area contributed by atoms with Crippen molar-refractivity contribution in [1.29, 1.82) is 0 Å². The number of fused-ring (bicyclic) bond motifs is 1. The van der Waals surface area contributed by atoms with Crippen LogP contribution in [0.2, 0.25) is 0 Å². The highest BCUT2D eigenvalue weighted by molar-refractivity contribution is 5.68. The van der Waals surface area contributed by atoms with E-state index >= 15 is 0 Å². The largest absolute Gasteiger partial charge is 0.373 e. The molecule has 0 saturated heterocycles. The van der Waals surface area contributed by atoms with Crippen LogP contribution in [0.1, 0.15) is 5.56 Å². The van der Waals surface area contributed by atoms with E-state index in [1.807, 2.05) is 19.2 Å². The fourth-order valence-corrected chi connectivity index (χ4v) is 2.29. The second-order valence-corrected chi connectivity index (χ2v) is 4.16. The lowest BCUT2D eigenvalue weighted by Crippen LogP contribution is -2.15. The van der Waals surface area contributed by atoms with Crippen molar-refractivity contribution in [2.75, 3.05) is 23.8 Å². The maximum absolute atomic E-state index is 4.59. The number of anilines is 3. The molecule has 0 saturated carbocycles. The molecular weight excluding hydrogens is 210 g/mol. The van der Waals surface area contributed by atoms with Crippen LogP contribution in [0.4, 0.5) is 17.3 Å². The highest BCUT2D eigenvalue weighted by Gasteiger charge is 2.20. The van der Waals surface area contributed by atoms with Gasteiger partial charge in [0.15, 0.2) is 0 Å². The van der Waals surface area contributed by atoms with Crippen LogP contribution >= 0.6 is 0 Å². The molecule has 0 radical (unpaired) electrons. The van der Waals surface area contributed by atoms with Crippen LogP contribution in [0.3, 0.4) is 0 Å². The number of hydrogen-bond acceptors (Lipinski definition) is 3. The Balaban J connectivity index is 2.01. The van der Waals surface area contributed by atoms with Gasteiger partial charge in [-0.2, -0.15) is 0 Å². The summed E-state index contributed by atoms with van der Waals surface area (Å²) < 4.78 is 0. The molecule has 1 aromatic carbocycles. The van der Waals surface area contributed by atoms with Crippen LogP contribution in [-0.2, 0) is 6.42 Å². The van der Waals surface area contributed by atoms with E-state index in [-0.39, 0.29) is 0 Å². The zero-order chi connectivity index (χ0) is 11.7. The van der Waals surface area contributed by atoms with Gasteiger partial charge in [0.2, 0.25) is 0 Å². The van der Waals surface area contributed by atoms with E-state index in [1.165, 1.54) is 11.3 Å². The van der Waals surface area contributed by atoms with Gasteiger partial charge in [0, 0.05) is 19.3 Å². The second kappa shape index (κ2) is 4.09. The van der Waals surface area contributed by atoms with Crippen LogP contribution < -0.4 is 10.2 Å². The molecule has 1 aliphatic heterocycles. The molecule has 2 aromatic rings. The van der Waals surface area contributed by atoms with Crippen LogP contribution in [0.15, 0.2) is 42.5 Å². The van der Waals surface area contributed by atoms with E-state index in [0.29, 0.717) is 0 Å². The van der Waals surface area contributed by atoms with E-state index in [0.717, 1.165) is 24.6 Å². The van der Waals surface area contributed by atoms with E-state index in [1.54, 1.807) is 0 Å². The predicted octanol–water partition coefficient (Wildman–Crippen LogP) is 2.82. The predicted molar refractivity (Wildman–Crippen MR) is 70.9 cm³/mol. The molecule has 17 heavy (non-hydrogen) atoms. The summed E-state index contributed by atoms with van der Waals surface area (Å²) in [5.74, 6) is 1.92. The number of rotatable bonds is 2. The molecule has 0 aliphatic carbocycles. The van der Waals surface area contributed by atoms with Crippen molar-refractivity contribution in [2.45, 2.75) is 6.42 Å². The summed E-state index contributed by atoms with van der Waals surface area (Å²) in [6, 6.07) is 14.6. The quantitative estimate of drug-likeness (QED) is 0.851. The summed E-state index contributed by atoms with van der Waals surface area (Å²) in [5.41, 5.74) is 2.69. The highest BCUT2D eigenvalue weighted by Crippen LogP contribution is 2.33. The Hall–Kier alpha value is -2.03. The minimum Gasteiger partial charge on any atom is -0.373 e. The molecule has 3 nitrogen and oxygen atoms in total. The van der Waals surface area contributed by atoms with Crippen molar-refractivity contribution in [3.8, 4) is 0 Å². The maximum Gasteiger partial charge on any atom is 0.135 e.